The summed E-state index contributed by atoms with van der Waals surface area (Å²) in [5.74, 6) is -0.169. The van der Waals surface area contributed by atoms with Crippen LogP contribution in [0.25, 0.3) is 0 Å². The molecule has 1 unspecified atom stereocenters. The van der Waals surface area contributed by atoms with E-state index in [4.69, 9.17) is 4.74 Å². The van der Waals surface area contributed by atoms with Crippen LogP contribution < -0.4 is 5.32 Å². The number of benzene rings is 1. The first-order valence-corrected chi connectivity index (χ1v) is 5.27. The van der Waals surface area contributed by atoms with Gasteiger partial charge in [0.2, 0.25) is 0 Å². The molecule has 15 heavy (non-hydrogen) atoms. The third-order valence-electron chi connectivity index (χ3n) is 3.35. The van der Waals surface area contributed by atoms with Crippen LogP contribution in [-0.4, -0.2) is 19.1 Å². The fourth-order valence-corrected chi connectivity index (χ4v) is 2.70. The molecule has 3 heteroatoms. The summed E-state index contributed by atoms with van der Waals surface area (Å²) in [5, 5.41) is 3.27. The first-order valence-electron chi connectivity index (χ1n) is 5.27. The van der Waals surface area contributed by atoms with Crippen LogP contribution >= 0.6 is 0 Å². The Morgan fingerprint density at radius 3 is 3.07 bits per heavy atom. The highest BCUT2D eigenvalue weighted by molar-refractivity contribution is 5.95. The number of hydrogen-bond acceptors (Lipinski definition) is 3. The molecule has 1 N–H and O–H groups in total. The molecule has 0 bridgehead atoms. The van der Waals surface area contributed by atoms with Crippen molar-refractivity contribution >= 4 is 5.97 Å². The van der Waals surface area contributed by atoms with Gasteiger partial charge in [0.05, 0.1) is 5.56 Å². The molecule has 3 nitrogen and oxygen atoms in total. The highest BCUT2D eigenvalue weighted by Gasteiger charge is 2.48. The lowest BCUT2D eigenvalue weighted by Gasteiger charge is -2.23. The summed E-state index contributed by atoms with van der Waals surface area (Å²) in [4.78, 5) is 11.7. The molecule has 1 atom stereocenters. The average Bonchev–Trinajstić information content (AvgIpc) is 2.76. The molecule has 3 rings (SSSR count). The summed E-state index contributed by atoms with van der Waals surface area (Å²) in [6.45, 7) is 3.71. The van der Waals surface area contributed by atoms with Gasteiger partial charge in [0.15, 0.2) is 5.60 Å². The Morgan fingerprint density at radius 2 is 2.33 bits per heavy atom. The molecule has 2 heterocycles. The van der Waals surface area contributed by atoms with Crippen molar-refractivity contribution in [3.05, 3.63) is 34.9 Å². The molecule has 78 valence electrons. The van der Waals surface area contributed by atoms with Gasteiger partial charge in [0.25, 0.3) is 0 Å². The molecular formula is C12H13NO2. The summed E-state index contributed by atoms with van der Waals surface area (Å²) < 4.78 is 5.56. The number of carbonyl (C=O) groups is 1. The van der Waals surface area contributed by atoms with Crippen molar-refractivity contribution in [2.24, 2.45) is 0 Å². The molecule has 1 aromatic rings. The summed E-state index contributed by atoms with van der Waals surface area (Å²) in [6.07, 6.45) is 0.886. The maximum atomic E-state index is 11.7. The molecular weight excluding hydrogens is 190 g/mol. The molecule has 0 aliphatic carbocycles. The number of nitrogens with one attached hydrogen (secondary N) is 1. The normalized spacial score (nSPS) is 28.2. The van der Waals surface area contributed by atoms with E-state index in [1.165, 1.54) is 0 Å². The second kappa shape index (κ2) is 2.83. The van der Waals surface area contributed by atoms with Crippen molar-refractivity contribution in [1.29, 1.82) is 0 Å². The number of hydrogen-bond donors (Lipinski definition) is 1. The van der Waals surface area contributed by atoms with Crippen LogP contribution in [0.3, 0.4) is 0 Å². The van der Waals surface area contributed by atoms with E-state index < -0.39 is 0 Å². The van der Waals surface area contributed by atoms with Gasteiger partial charge < -0.3 is 10.1 Å². The highest BCUT2D eigenvalue weighted by atomic mass is 16.6. The van der Waals surface area contributed by atoms with E-state index in [1.807, 2.05) is 25.1 Å². The average molecular weight is 203 g/mol. The number of aryl methyl sites for hydroxylation is 1. The van der Waals surface area contributed by atoms with E-state index in [9.17, 15) is 4.79 Å². The van der Waals surface area contributed by atoms with Crippen LogP contribution in [0, 0.1) is 6.92 Å². The molecule has 2 aliphatic heterocycles. The Hall–Kier alpha value is -1.35. The van der Waals surface area contributed by atoms with Crippen LogP contribution in [0.2, 0.25) is 0 Å². The zero-order valence-corrected chi connectivity index (χ0v) is 8.67. The number of fused-ring (bicyclic) bond motifs is 2. The molecule has 0 radical (unpaired) electrons. The van der Waals surface area contributed by atoms with Gasteiger partial charge in [-0.3, -0.25) is 0 Å². The first kappa shape index (κ1) is 8.92. The van der Waals surface area contributed by atoms with Crippen LogP contribution in [-0.2, 0) is 10.3 Å². The van der Waals surface area contributed by atoms with Crippen molar-refractivity contribution in [2.45, 2.75) is 18.9 Å². The Morgan fingerprint density at radius 1 is 1.47 bits per heavy atom. The van der Waals surface area contributed by atoms with Gasteiger partial charge in [-0.15, -0.1) is 0 Å². The Labute approximate surface area is 88.4 Å². The molecule has 1 saturated heterocycles. The first-order chi connectivity index (χ1) is 7.23. The summed E-state index contributed by atoms with van der Waals surface area (Å²) in [5.41, 5.74) is 2.62. The maximum absolute atomic E-state index is 11.7. The predicted molar refractivity (Wildman–Crippen MR) is 55.8 cm³/mol. The molecule has 1 aromatic carbocycles. The van der Waals surface area contributed by atoms with Crippen molar-refractivity contribution in [1.82, 2.24) is 5.32 Å². The van der Waals surface area contributed by atoms with E-state index in [-0.39, 0.29) is 11.6 Å². The molecule has 0 aromatic heterocycles. The van der Waals surface area contributed by atoms with Crippen LogP contribution in [0.5, 0.6) is 0 Å². The number of carbonyl (C=O) groups excluding carboxylic acids is 1. The van der Waals surface area contributed by atoms with Crippen LogP contribution in [0.15, 0.2) is 18.2 Å². The maximum Gasteiger partial charge on any atom is 0.339 e. The quantitative estimate of drug-likeness (QED) is 0.647. The zero-order valence-electron chi connectivity index (χ0n) is 8.67. The van der Waals surface area contributed by atoms with Gasteiger partial charge in [0.1, 0.15) is 0 Å². The van der Waals surface area contributed by atoms with Gasteiger partial charge in [-0.1, -0.05) is 12.1 Å². The van der Waals surface area contributed by atoms with Gasteiger partial charge >= 0.3 is 5.97 Å². The van der Waals surface area contributed by atoms with Crippen molar-refractivity contribution in [2.75, 3.05) is 13.1 Å². The third kappa shape index (κ3) is 1.07. The van der Waals surface area contributed by atoms with Gasteiger partial charge in [-0.2, -0.15) is 0 Å². The fraction of sp³-hybridized carbons (Fsp3) is 0.417. The number of esters is 1. The minimum Gasteiger partial charge on any atom is -0.449 e. The molecule has 1 spiro atoms. The van der Waals surface area contributed by atoms with E-state index in [0.717, 1.165) is 36.2 Å². The van der Waals surface area contributed by atoms with Gasteiger partial charge in [-0.25, -0.2) is 4.79 Å². The Balaban J connectivity index is 2.23. The van der Waals surface area contributed by atoms with E-state index in [0.29, 0.717) is 0 Å². The molecule has 1 fully saturated rings. The number of ether oxygens (including phenoxy) is 1. The monoisotopic (exact) mass is 203 g/mol. The van der Waals surface area contributed by atoms with Crippen LogP contribution in [0.4, 0.5) is 0 Å². The third-order valence-corrected chi connectivity index (χ3v) is 3.35. The lowest BCUT2D eigenvalue weighted by Crippen LogP contribution is -2.29. The lowest BCUT2D eigenvalue weighted by atomic mass is 9.88. The molecule has 0 saturated carbocycles. The minimum absolute atomic E-state index is 0.169. The van der Waals surface area contributed by atoms with Crippen molar-refractivity contribution < 1.29 is 9.53 Å². The highest BCUT2D eigenvalue weighted by Crippen LogP contribution is 2.42. The Kier molecular flexibility index (Phi) is 1.68. The zero-order chi connectivity index (χ0) is 10.5. The van der Waals surface area contributed by atoms with Crippen molar-refractivity contribution in [3.8, 4) is 0 Å². The van der Waals surface area contributed by atoms with Crippen molar-refractivity contribution in [3.63, 3.8) is 0 Å². The summed E-state index contributed by atoms with van der Waals surface area (Å²) >= 11 is 0. The van der Waals surface area contributed by atoms with Crippen LogP contribution in [0.1, 0.15) is 27.9 Å². The SMILES string of the molecule is Cc1cccc2c1C1(CCNC1)OC2=O. The molecule has 0 amide bonds. The summed E-state index contributed by atoms with van der Waals surface area (Å²) in [6, 6.07) is 5.81. The molecule has 2 aliphatic rings. The topological polar surface area (TPSA) is 38.3 Å². The standard InChI is InChI=1S/C12H13NO2/c1-8-3-2-4-9-10(8)12(15-11(9)14)5-6-13-7-12/h2-4,13H,5-7H2,1H3. The second-order valence-electron chi connectivity index (χ2n) is 4.31. The van der Waals surface area contributed by atoms with Gasteiger partial charge in [-0.05, 0) is 25.1 Å². The smallest absolute Gasteiger partial charge is 0.339 e. The Bertz CT molecular complexity index is 433. The van der Waals surface area contributed by atoms with E-state index >= 15 is 0 Å². The van der Waals surface area contributed by atoms with Gasteiger partial charge in [0, 0.05) is 18.5 Å². The minimum atomic E-state index is -0.377. The lowest BCUT2D eigenvalue weighted by molar-refractivity contribution is 0.00147. The van der Waals surface area contributed by atoms with E-state index in [2.05, 4.69) is 5.32 Å². The number of rotatable bonds is 0. The van der Waals surface area contributed by atoms with E-state index in [1.54, 1.807) is 0 Å². The largest absolute Gasteiger partial charge is 0.449 e. The summed E-state index contributed by atoms with van der Waals surface area (Å²) in [7, 11) is 0. The second-order valence-corrected chi connectivity index (χ2v) is 4.31. The fourth-order valence-electron chi connectivity index (χ4n) is 2.70. The predicted octanol–water partition coefficient (Wildman–Crippen LogP) is 1.35.